The van der Waals surface area contributed by atoms with Crippen LogP contribution in [0, 0.1) is 5.82 Å². The summed E-state index contributed by atoms with van der Waals surface area (Å²) < 4.78 is 19.6. The van der Waals surface area contributed by atoms with Crippen molar-refractivity contribution in [3.63, 3.8) is 0 Å². The second kappa shape index (κ2) is 8.03. The van der Waals surface area contributed by atoms with Crippen molar-refractivity contribution in [1.29, 1.82) is 0 Å². The molecule has 1 fully saturated rings. The third-order valence-corrected chi connectivity index (χ3v) is 6.12. The summed E-state index contributed by atoms with van der Waals surface area (Å²) in [5, 5.41) is 6.12. The lowest BCUT2D eigenvalue weighted by Gasteiger charge is -2.46. The van der Waals surface area contributed by atoms with Crippen molar-refractivity contribution in [2.45, 2.75) is 43.9 Å². The number of carbonyl (C=O) groups excluding carboxylic acids is 1. The number of para-hydroxylation sites is 1. The van der Waals surface area contributed by atoms with E-state index in [1.54, 1.807) is 12.1 Å². The van der Waals surface area contributed by atoms with E-state index in [0.29, 0.717) is 0 Å². The fourth-order valence-electron chi connectivity index (χ4n) is 4.31. The van der Waals surface area contributed by atoms with Crippen LogP contribution in [0.15, 0.2) is 48.5 Å². The van der Waals surface area contributed by atoms with Crippen LogP contribution in [0.2, 0.25) is 0 Å². The molecule has 154 valence electrons. The van der Waals surface area contributed by atoms with Gasteiger partial charge in [-0.25, -0.2) is 9.18 Å². The first-order chi connectivity index (χ1) is 13.9. The number of urea groups is 1. The van der Waals surface area contributed by atoms with Gasteiger partial charge in [0.15, 0.2) is 0 Å². The largest absolute Gasteiger partial charge is 0.487 e. The molecule has 2 N–H and O–H groups in total. The summed E-state index contributed by atoms with van der Waals surface area (Å²) in [4.78, 5) is 15.1. The van der Waals surface area contributed by atoms with Crippen LogP contribution in [-0.4, -0.2) is 36.7 Å². The SMILES string of the molecule is CC(NC(=O)NC1CC2(CCN(C)CC2)Oc2ccccc21)c1ccc(F)cc1. The molecule has 0 radical (unpaired) electrons. The lowest BCUT2D eigenvalue weighted by atomic mass is 9.80. The minimum absolute atomic E-state index is 0.108. The van der Waals surface area contributed by atoms with Gasteiger partial charge in [-0.05, 0) is 50.6 Å². The van der Waals surface area contributed by atoms with Gasteiger partial charge in [0.1, 0.15) is 17.2 Å². The zero-order valence-electron chi connectivity index (χ0n) is 17.0. The van der Waals surface area contributed by atoms with Crippen molar-refractivity contribution in [2.24, 2.45) is 0 Å². The highest BCUT2D eigenvalue weighted by Gasteiger charge is 2.43. The summed E-state index contributed by atoms with van der Waals surface area (Å²) in [6.45, 7) is 3.87. The summed E-state index contributed by atoms with van der Waals surface area (Å²) in [5.41, 5.74) is 1.64. The number of hydrogen-bond acceptors (Lipinski definition) is 3. The van der Waals surface area contributed by atoms with Crippen LogP contribution in [0.25, 0.3) is 0 Å². The van der Waals surface area contributed by atoms with E-state index < -0.39 is 0 Å². The minimum Gasteiger partial charge on any atom is -0.487 e. The molecule has 0 bridgehead atoms. The fraction of sp³-hybridized carbons (Fsp3) is 0.435. The second-order valence-corrected chi connectivity index (χ2v) is 8.27. The Morgan fingerprint density at radius 1 is 1.17 bits per heavy atom. The molecule has 1 saturated heterocycles. The molecule has 2 aliphatic heterocycles. The Balaban J connectivity index is 1.47. The first-order valence-corrected chi connectivity index (χ1v) is 10.2. The van der Waals surface area contributed by atoms with Gasteiger partial charge >= 0.3 is 6.03 Å². The number of rotatable bonds is 3. The predicted octanol–water partition coefficient (Wildman–Crippen LogP) is 4.17. The molecule has 2 aliphatic rings. The number of fused-ring (bicyclic) bond motifs is 1. The van der Waals surface area contributed by atoms with Gasteiger partial charge in [-0.15, -0.1) is 0 Å². The second-order valence-electron chi connectivity index (χ2n) is 8.27. The van der Waals surface area contributed by atoms with Crippen LogP contribution in [0.1, 0.15) is 49.4 Å². The molecule has 0 saturated carbocycles. The molecule has 2 atom stereocenters. The van der Waals surface area contributed by atoms with E-state index in [2.05, 4.69) is 22.6 Å². The van der Waals surface area contributed by atoms with Crippen molar-refractivity contribution in [3.05, 3.63) is 65.5 Å². The lowest BCUT2D eigenvalue weighted by molar-refractivity contribution is -0.0190. The Bertz CT molecular complexity index is 863. The minimum atomic E-state index is -0.285. The van der Waals surface area contributed by atoms with Crippen LogP contribution >= 0.6 is 0 Å². The zero-order valence-corrected chi connectivity index (χ0v) is 17.0. The van der Waals surface area contributed by atoms with E-state index in [1.165, 1.54) is 12.1 Å². The Hall–Kier alpha value is -2.60. The summed E-state index contributed by atoms with van der Waals surface area (Å²) >= 11 is 0. The molecule has 2 amide bonds. The van der Waals surface area contributed by atoms with Gasteiger partial charge in [0, 0.05) is 25.1 Å². The monoisotopic (exact) mass is 397 g/mol. The maximum absolute atomic E-state index is 13.1. The van der Waals surface area contributed by atoms with Gasteiger partial charge in [-0.1, -0.05) is 30.3 Å². The molecule has 4 rings (SSSR count). The summed E-state index contributed by atoms with van der Waals surface area (Å²) in [7, 11) is 2.13. The molecule has 29 heavy (non-hydrogen) atoms. The normalized spacial score (nSPS) is 21.7. The highest BCUT2D eigenvalue weighted by molar-refractivity contribution is 5.75. The van der Waals surface area contributed by atoms with E-state index in [-0.39, 0.29) is 29.5 Å². The Labute approximate surface area is 171 Å². The molecule has 0 aliphatic carbocycles. The van der Waals surface area contributed by atoms with Crippen molar-refractivity contribution in [3.8, 4) is 5.75 Å². The number of hydrogen-bond donors (Lipinski definition) is 2. The van der Waals surface area contributed by atoms with Crippen LogP contribution in [0.3, 0.4) is 0 Å². The van der Waals surface area contributed by atoms with E-state index in [1.807, 2.05) is 31.2 Å². The molecule has 6 heteroatoms. The number of nitrogens with one attached hydrogen (secondary N) is 2. The third-order valence-electron chi connectivity index (χ3n) is 6.12. The predicted molar refractivity (Wildman–Crippen MR) is 110 cm³/mol. The Morgan fingerprint density at radius 2 is 1.86 bits per heavy atom. The molecule has 1 spiro atoms. The molecule has 2 unspecified atom stereocenters. The Morgan fingerprint density at radius 3 is 2.59 bits per heavy atom. The van der Waals surface area contributed by atoms with Crippen LogP contribution < -0.4 is 15.4 Å². The number of ether oxygens (including phenoxy) is 1. The first-order valence-electron chi connectivity index (χ1n) is 10.2. The maximum Gasteiger partial charge on any atom is 0.315 e. The topological polar surface area (TPSA) is 53.6 Å². The fourth-order valence-corrected chi connectivity index (χ4v) is 4.31. The zero-order chi connectivity index (χ0) is 20.4. The molecular formula is C23H28FN3O2. The number of carbonyl (C=O) groups is 1. The molecular weight excluding hydrogens is 369 g/mol. The lowest BCUT2D eigenvalue weighted by Crippen LogP contribution is -2.52. The van der Waals surface area contributed by atoms with Gasteiger partial charge in [0.25, 0.3) is 0 Å². The molecule has 2 heterocycles. The Kier molecular flexibility index (Phi) is 5.46. The first kappa shape index (κ1) is 19.7. The van der Waals surface area contributed by atoms with Gasteiger partial charge in [-0.2, -0.15) is 0 Å². The van der Waals surface area contributed by atoms with Crippen molar-refractivity contribution < 1.29 is 13.9 Å². The molecule has 2 aromatic carbocycles. The van der Waals surface area contributed by atoms with Crippen molar-refractivity contribution >= 4 is 6.03 Å². The molecule has 2 aromatic rings. The van der Waals surface area contributed by atoms with Gasteiger partial charge in [0.05, 0.1) is 12.1 Å². The standard InChI is InChI=1S/C23H28FN3O2/c1-16(17-7-9-18(24)10-8-17)25-22(28)26-20-15-23(11-13-27(2)14-12-23)29-21-6-4-3-5-19(20)21/h3-10,16,20H,11-15H2,1-2H3,(H2,25,26,28). The number of benzene rings is 2. The van der Waals surface area contributed by atoms with Crippen LogP contribution in [0.4, 0.5) is 9.18 Å². The summed E-state index contributed by atoms with van der Waals surface area (Å²) in [6, 6.07) is 13.6. The highest BCUT2D eigenvalue weighted by Crippen LogP contribution is 2.44. The summed E-state index contributed by atoms with van der Waals surface area (Å²) in [5.74, 6) is 0.577. The summed E-state index contributed by atoms with van der Waals surface area (Å²) in [6.07, 6.45) is 2.66. The van der Waals surface area contributed by atoms with E-state index in [4.69, 9.17) is 4.74 Å². The molecule has 0 aromatic heterocycles. The smallest absolute Gasteiger partial charge is 0.315 e. The average Bonchev–Trinajstić information content (AvgIpc) is 2.71. The maximum atomic E-state index is 13.1. The number of piperidine rings is 1. The average molecular weight is 397 g/mol. The highest BCUT2D eigenvalue weighted by atomic mass is 19.1. The van der Waals surface area contributed by atoms with Gasteiger partial charge < -0.3 is 20.3 Å². The van der Waals surface area contributed by atoms with Crippen LogP contribution in [-0.2, 0) is 0 Å². The van der Waals surface area contributed by atoms with E-state index >= 15 is 0 Å². The van der Waals surface area contributed by atoms with Crippen molar-refractivity contribution in [1.82, 2.24) is 15.5 Å². The molecule has 5 nitrogen and oxygen atoms in total. The quantitative estimate of drug-likeness (QED) is 0.817. The third kappa shape index (κ3) is 4.37. The number of nitrogens with zero attached hydrogens (tertiary/aromatic N) is 1. The number of amides is 2. The van der Waals surface area contributed by atoms with E-state index in [9.17, 15) is 9.18 Å². The van der Waals surface area contributed by atoms with Gasteiger partial charge in [0.2, 0.25) is 0 Å². The number of likely N-dealkylation sites (tertiary alicyclic amines) is 1. The van der Waals surface area contributed by atoms with E-state index in [0.717, 1.165) is 49.2 Å². The van der Waals surface area contributed by atoms with Crippen LogP contribution in [0.5, 0.6) is 5.75 Å². The number of halogens is 1. The van der Waals surface area contributed by atoms with Gasteiger partial charge in [-0.3, -0.25) is 0 Å². The van der Waals surface area contributed by atoms with Crippen molar-refractivity contribution in [2.75, 3.05) is 20.1 Å².